The zero-order chi connectivity index (χ0) is 19.6. The number of methoxy groups -OCH3 is 2. The van der Waals surface area contributed by atoms with Crippen LogP contribution >= 0.6 is 11.6 Å². The molecule has 0 aromatic heterocycles. The van der Waals surface area contributed by atoms with Gasteiger partial charge >= 0.3 is 0 Å². The molecular weight excluding hydrogens is 388 g/mol. The van der Waals surface area contributed by atoms with Crippen LogP contribution in [0.3, 0.4) is 0 Å². The summed E-state index contributed by atoms with van der Waals surface area (Å²) in [6.45, 7) is 3.77. The van der Waals surface area contributed by atoms with Crippen LogP contribution in [0.2, 0.25) is 5.02 Å². The molecule has 2 aromatic rings. The summed E-state index contributed by atoms with van der Waals surface area (Å²) >= 11 is 6.15. The fourth-order valence-corrected chi connectivity index (χ4v) is 5.16. The van der Waals surface area contributed by atoms with Gasteiger partial charge in [-0.05, 0) is 36.8 Å². The maximum Gasteiger partial charge on any atom is 0.243 e. The van der Waals surface area contributed by atoms with Crippen molar-refractivity contribution in [2.75, 3.05) is 45.3 Å². The Hall–Kier alpha value is -1.96. The quantitative estimate of drug-likeness (QED) is 0.757. The van der Waals surface area contributed by atoms with Crippen LogP contribution in [0.5, 0.6) is 11.5 Å². The Kier molecular flexibility index (Phi) is 5.83. The van der Waals surface area contributed by atoms with Gasteiger partial charge in [-0.15, -0.1) is 0 Å². The molecule has 27 heavy (non-hydrogen) atoms. The average Bonchev–Trinajstić information content (AvgIpc) is 2.69. The number of benzene rings is 2. The third kappa shape index (κ3) is 4.00. The summed E-state index contributed by atoms with van der Waals surface area (Å²) < 4.78 is 38.1. The van der Waals surface area contributed by atoms with Gasteiger partial charge < -0.3 is 14.4 Å². The van der Waals surface area contributed by atoms with Crippen LogP contribution < -0.4 is 14.4 Å². The van der Waals surface area contributed by atoms with Gasteiger partial charge in [0.25, 0.3) is 0 Å². The van der Waals surface area contributed by atoms with Crippen molar-refractivity contribution in [2.45, 2.75) is 11.8 Å². The predicted molar refractivity (Wildman–Crippen MR) is 107 cm³/mol. The normalized spacial score (nSPS) is 15.6. The van der Waals surface area contributed by atoms with E-state index in [1.807, 2.05) is 24.3 Å². The highest BCUT2D eigenvalue weighted by Crippen LogP contribution is 2.32. The van der Waals surface area contributed by atoms with Gasteiger partial charge in [0.1, 0.15) is 11.5 Å². The van der Waals surface area contributed by atoms with Gasteiger partial charge in [0.2, 0.25) is 10.0 Å². The monoisotopic (exact) mass is 410 g/mol. The molecular formula is C19H23ClN2O4S. The average molecular weight is 411 g/mol. The zero-order valence-electron chi connectivity index (χ0n) is 15.6. The minimum atomic E-state index is -3.62. The second-order valence-corrected chi connectivity index (χ2v) is 8.66. The highest BCUT2D eigenvalue weighted by Gasteiger charge is 2.30. The summed E-state index contributed by atoms with van der Waals surface area (Å²) in [5, 5.41) is 0.289. The summed E-state index contributed by atoms with van der Waals surface area (Å²) in [5.74, 6) is 1.25. The Bertz CT molecular complexity index is 925. The Morgan fingerprint density at radius 2 is 1.70 bits per heavy atom. The van der Waals surface area contributed by atoms with Gasteiger partial charge in [-0.3, -0.25) is 0 Å². The SMILES string of the molecule is COc1cccc(N2CCN(S(=O)(=O)c3cc(Cl)c(OC)cc3C)CC2)c1. The van der Waals surface area contributed by atoms with Crippen molar-refractivity contribution in [3.05, 3.63) is 47.0 Å². The van der Waals surface area contributed by atoms with Crippen molar-refractivity contribution >= 4 is 27.3 Å². The van der Waals surface area contributed by atoms with E-state index in [2.05, 4.69) is 4.90 Å². The van der Waals surface area contributed by atoms with E-state index in [4.69, 9.17) is 21.1 Å². The number of ether oxygens (including phenoxy) is 2. The van der Waals surface area contributed by atoms with Crippen LogP contribution in [0, 0.1) is 6.92 Å². The van der Waals surface area contributed by atoms with Crippen molar-refractivity contribution in [2.24, 2.45) is 0 Å². The number of nitrogens with zero attached hydrogens (tertiary/aromatic N) is 2. The van der Waals surface area contributed by atoms with Crippen molar-refractivity contribution in [3.63, 3.8) is 0 Å². The molecule has 1 aliphatic rings. The van der Waals surface area contributed by atoms with Crippen molar-refractivity contribution in [3.8, 4) is 11.5 Å². The molecule has 1 heterocycles. The number of hydrogen-bond donors (Lipinski definition) is 0. The second-order valence-electron chi connectivity index (χ2n) is 6.34. The van der Waals surface area contributed by atoms with Crippen molar-refractivity contribution in [1.82, 2.24) is 4.31 Å². The highest BCUT2D eigenvalue weighted by molar-refractivity contribution is 7.89. The largest absolute Gasteiger partial charge is 0.497 e. The molecule has 0 atom stereocenters. The molecule has 1 aliphatic heterocycles. The number of piperazine rings is 1. The van der Waals surface area contributed by atoms with Gasteiger partial charge in [0.15, 0.2) is 0 Å². The van der Waals surface area contributed by atoms with Gasteiger partial charge in [-0.2, -0.15) is 4.31 Å². The molecule has 3 rings (SSSR count). The van der Waals surface area contributed by atoms with E-state index in [-0.39, 0.29) is 9.92 Å². The second kappa shape index (κ2) is 7.96. The van der Waals surface area contributed by atoms with Gasteiger partial charge in [0, 0.05) is 37.9 Å². The molecule has 2 aromatic carbocycles. The Labute approximate surface area is 165 Å². The van der Waals surface area contributed by atoms with Gasteiger partial charge in [-0.25, -0.2) is 8.42 Å². The molecule has 0 N–H and O–H groups in total. The maximum absolute atomic E-state index is 13.1. The van der Waals surface area contributed by atoms with Crippen LogP contribution in [0.1, 0.15) is 5.56 Å². The fraction of sp³-hybridized carbons (Fsp3) is 0.368. The first kappa shape index (κ1) is 19.8. The molecule has 0 aliphatic carbocycles. The molecule has 0 bridgehead atoms. The van der Waals surface area contributed by atoms with Crippen LogP contribution in [-0.2, 0) is 10.0 Å². The summed E-state index contributed by atoms with van der Waals surface area (Å²) in [4.78, 5) is 2.38. The molecule has 0 spiro atoms. The smallest absolute Gasteiger partial charge is 0.243 e. The Morgan fingerprint density at radius 3 is 2.33 bits per heavy atom. The summed E-state index contributed by atoms with van der Waals surface area (Å²) in [5.41, 5.74) is 1.64. The van der Waals surface area contributed by atoms with E-state index in [0.717, 1.165) is 11.4 Å². The zero-order valence-corrected chi connectivity index (χ0v) is 17.2. The van der Waals surface area contributed by atoms with E-state index in [1.54, 1.807) is 20.1 Å². The number of hydrogen-bond acceptors (Lipinski definition) is 5. The standard InChI is InChI=1S/C19H23ClN2O4S/c1-14-11-18(26-3)17(20)13-19(14)27(23,24)22-9-7-21(8-10-22)15-5-4-6-16(12-15)25-2/h4-6,11-13H,7-10H2,1-3H3. The number of sulfonamides is 1. The number of halogens is 1. The summed E-state index contributed by atoms with van der Waals surface area (Å²) in [7, 11) is -0.479. The minimum absolute atomic E-state index is 0.225. The molecule has 8 heteroatoms. The fourth-order valence-electron chi connectivity index (χ4n) is 3.20. The van der Waals surface area contributed by atoms with E-state index >= 15 is 0 Å². The lowest BCUT2D eigenvalue weighted by molar-refractivity contribution is 0.383. The highest BCUT2D eigenvalue weighted by atomic mass is 35.5. The van der Waals surface area contributed by atoms with E-state index in [9.17, 15) is 8.42 Å². The molecule has 146 valence electrons. The third-order valence-corrected chi connectivity index (χ3v) is 7.06. The first-order valence-electron chi connectivity index (χ1n) is 8.60. The van der Waals surface area contributed by atoms with Crippen LogP contribution in [0.25, 0.3) is 0 Å². The Morgan fingerprint density at radius 1 is 1.00 bits per heavy atom. The number of anilines is 1. The van der Waals surface area contributed by atoms with Crippen molar-refractivity contribution < 1.29 is 17.9 Å². The molecule has 0 amide bonds. The van der Waals surface area contributed by atoms with Crippen molar-refractivity contribution in [1.29, 1.82) is 0 Å². The third-order valence-electron chi connectivity index (χ3n) is 4.72. The van der Waals surface area contributed by atoms with Gasteiger partial charge in [-0.1, -0.05) is 17.7 Å². The predicted octanol–water partition coefficient (Wildman–Crippen LogP) is 3.18. The van der Waals surface area contributed by atoms with Crippen LogP contribution in [0.4, 0.5) is 5.69 Å². The molecule has 0 radical (unpaired) electrons. The van der Waals surface area contributed by atoms with Crippen LogP contribution in [0.15, 0.2) is 41.3 Å². The van der Waals surface area contributed by atoms with E-state index < -0.39 is 10.0 Å². The first-order chi connectivity index (χ1) is 12.9. The Balaban J connectivity index is 1.78. The lowest BCUT2D eigenvalue weighted by Gasteiger charge is -2.35. The maximum atomic E-state index is 13.1. The number of aryl methyl sites for hydroxylation is 1. The van der Waals surface area contributed by atoms with Gasteiger partial charge in [0.05, 0.1) is 24.1 Å². The first-order valence-corrected chi connectivity index (χ1v) is 10.4. The summed E-state index contributed by atoms with van der Waals surface area (Å²) in [6.07, 6.45) is 0. The summed E-state index contributed by atoms with van der Waals surface area (Å²) in [6, 6.07) is 10.9. The molecule has 1 fully saturated rings. The molecule has 0 saturated carbocycles. The lowest BCUT2D eigenvalue weighted by Crippen LogP contribution is -2.48. The minimum Gasteiger partial charge on any atom is -0.497 e. The van der Waals surface area contributed by atoms with E-state index in [0.29, 0.717) is 37.5 Å². The lowest BCUT2D eigenvalue weighted by atomic mass is 10.2. The topological polar surface area (TPSA) is 59.1 Å². The molecule has 0 unspecified atom stereocenters. The molecule has 6 nitrogen and oxygen atoms in total. The van der Waals surface area contributed by atoms with Crippen LogP contribution in [-0.4, -0.2) is 53.1 Å². The van der Waals surface area contributed by atoms with E-state index in [1.165, 1.54) is 17.5 Å². The number of rotatable bonds is 5. The molecule has 1 saturated heterocycles.